The summed E-state index contributed by atoms with van der Waals surface area (Å²) in [6.07, 6.45) is 0. The van der Waals surface area contributed by atoms with Crippen LogP contribution in [0.2, 0.25) is 0 Å². The van der Waals surface area contributed by atoms with E-state index in [1.165, 1.54) is 18.9 Å². The van der Waals surface area contributed by atoms with Gasteiger partial charge in [0.15, 0.2) is 5.60 Å². The molecule has 60 valence electrons. The van der Waals surface area contributed by atoms with Crippen molar-refractivity contribution in [1.82, 2.24) is 5.06 Å². The van der Waals surface area contributed by atoms with Crippen molar-refractivity contribution in [3.05, 3.63) is 0 Å². The largest absolute Gasteiger partial charge is 0.479 e. The molecule has 0 bridgehead atoms. The summed E-state index contributed by atoms with van der Waals surface area (Å²) in [6, 6.07) is 0. The van der Waals surface area contributed by atoms with Gasteiger partial charge in [0.1, 0.15) is 0 Å². The lowest BCUT2D eigenvalue weighted by atomic mass is 10.1. The van der Waals surface area contributed by atoms with E-state index in [1.54, 1.807) is 14.1 Å². The van der Waals surface area contributed by atoms with Crippen molar-refractivity contribution in [3.63, 3.8) is 0 Å². The van der Waals surface area contributed by atoms with Crippen LogP contribution in [-0.4, -0.2) is 35.8 Å². The number of carboxylic acids is 1. The predicted octanol–water partition coefficient (Wildman–Crippen LogP) is 0.343. The van der Waals surface area contributed by atoms with E-state index in [-0.39, 0.29) is 0 Å². The van der Waals surface area contributed by atoms with Crippen molar-refractivity contribution in [1.29, 1.82) is 0 Å². The Balaban J connectivity index is 4.00. The molecule has 4 nitrogen and oxygen atoms in total. The van der Waals surface area contributed by atoms with Crippen LogP contribution in [0.25, 0.3) is 0 Å². The Kier molecular flexibility index (Phi) is 2.80. The minimum Gasteiger partial charge on any atom is -0.479 e. The van der Waals surface area contributed by atoms with Gasteiger partial charge in [-0.05, 0) is 13.8 Å². The van der Waals surface area contributed by atoms with Gasteiger partial charge in [0, 0.05) is 14.1 Å². The number of hydrogen-bond donors (Lipinski definition) is 1. The number of aliphatic carboxylic acids is 1. The second-order valence-electron chi connectivity index (χ2n) is 2.72. The fourth-order valence-corrected chi connectivity index (χ4v) is 0.495. The van der Waals surface area contributed by atoms with Crippen molar-refractivity contribution < 1.29 is 14.7 Å². The summed E-state index contributed by atoms with van der Waals surface area (Å²) in [5, 5.41) is 9.91. The standard InChI is InChI=1S/C6H13NO3/c1-6(2,5(8)9)10-7(3)4/h1-4H3,(H,8,9). The van der Waals surface area contributed by atoms with Crippen molar-refractivity contribution in [2.45, 2.75) is 19.4 Å². The molecule has 0 aromatic carbocycles. The molecule has 0 aromatic rings. The number of hydroxylamine groups is 2. The maximum atomic E-state index is 10.4. The first kappa shape index (κ1) is 9.39. The summed E-state index contributed by atoms with van der Waals surface area (Å²) < 4.78 is 0. The Morgan fingerprint density at radius 1 is 1.50 bits per heavy atom. The van der Waals surface area contributed by atoms with Crippen LogP contribution in [0.4, 0.5) is 0 Å². The molecule has 1 N–H and O–H groups in total. The summed E-state index contributed by atoms with van der Waals surface area (Å²) in [4.78, 5) is 15.3. The summed E-state index contributed by atoms with van der Waals surface area (Å²) >= 11 is 0. The monoisotopic (exact) mass is 147 g/mol. The Morgan fingerprint density at radius 2 is 1.90 bits per heavy atom. The van der Waals surface area contributed by atoms with Gasteiger partial charge >= 0.3 is 5.97 Å². The molecule has 4 heteroatoms. The van der Waals surface area contributed by atoms with Gasteiger partial charge in [-0.1, -0.05) is 0 Å². The Hall–Kier alpha value is -0.610. The molecule has 10 heavy (non-hydrogen) atoms. The first-order valence-electron chi connectivity index (χ1n) is 2.96. The molecule has 0 aliphatic heterocycles. The van der Waals surface area contributed by atoms with Crippen LogP contribution in [0.1, 0.15) is 13.8 Å². The van der Waals surface area contributed by atoms with Gasteiger partial charge in [-0.25, -0.2) is 4.79 Å². The van der Waals surface area contributed by atoms with E-state index >= 15 is 0 Å². The number of hydrogen-bond acceptors (Lipinski definition) is 3. The normalized spacial score (nSPS) is 12.1. The first-order valence-corrected chi connectivity index (χ1v) is 2.96. The molecule has 0 aromatic heterocycles. The van der Waals surface area contributed by atoms with E-state index in [2.05, 4.69) is 0 Å². The predicted molar refractivity (Wildman–Crippen MR) is 36.5 cm³/mol. The molecule has 0 saturated carbocycles. The summed E-state index contributed by atoms with van der Waals surface area (Å²) in [7, 11) is 3.29. The van der Waals surface area contributed by atoms with Crippen LogP contribution in [-0.2, 0) is 9.63 Å². The molecule has 0 rings (SSSR count). The van der Waals surface area contributed by atoms with Crippen LogP contribution in [0.5, 0.6) is 0 Å². The number of nitrogens with zero attached hydrogens (tertiary/aromatic N) is 1. The van der Waals surface area contributed by atoms with Gasteiger partial charge < -0.3 is 5.11 Å². The molecule has 0 aliphatic rings. The highest BCUT2D eigenvalue weighted by Crippen LogP contribution is 2.09. The van der Waals surface area contributed by atoms with Gasteiger partial charge in [0.25, 0.3) is 0 Å². The molecule has 0 saturated heterocycles. The number of rotatable bonds is 3. The van der Waals surface area contributed by atoms with Crippen molar-refractivity contribution in [2.24, 2.45) is 0 Å². The minimum atomic E-state index is -1.14. The topological polar surface area (TPSA) is 49.8 Å². The molecular formula is C6H13NO3. The van der Waals surface area contributed by atoms with Crippen LogP contribution in [0.15, 0.2) is 0 Å². The zero-order valence-electron chi connectivity index (χ0n) is 6.71. The highest BCUT2D eigenvalue weighted by molar-refractivity contribution is 5.76. The lowest BCUT2D eigenvalue weighted by Crippen LogP contribution is -2.39. The third-order valence-corrected chi connectivity index (χ3v) is 0.926. The van der Waals surface area contributed by atoms with Gasteiger partial charge in [-0.3, -0.25) is 4.84 Å². The van der Waals surface area contributed by atoms with Crippen LogP contribution < -0.4 is 0 Å². The third kappa shape index (κ3) is 2.80. The van der Waals surface area contributed by atoms with Gasteiger partial charge in [-0.15, -0.1) is 0 Å². The molecule has 0 atom stereocenters. The zero-order valence-corrected chi connectivity index (χ0v) is 6.71. The second-order valence-corrected chi connectivity index (χ2v) is 2.72. The third-order valence-electron chi connectivity index (χ3n) is 0.926. The van der Waals surface area contributed by atoms with E-state index in [0.717, 1.165) is 0 Å². The molecular weight excluding hydrogens is 134 g/mol. The smallest absolute Gasteiger partial charge is 0.337 e. The van der Waals surface area contributed by atoms with Crippen molar-refractivity contribution in [2.75, 3.05) is 14.1 Å². The minimum absolute atomic E-state index is 0.971. The van der Waals surface area contributed by atoms with Gasteiger partial charge in [0.2, 0.25) is 0 Å². The molecule has 0 fully saturated rings. The van der Waals surface area contributed by atoms with E-state index in [0.29, 0.717) is 0 Å². The number of carboxylic acid groups (broad SMARTS) is 1. The Bertz CT molecular complexity index is 131. The molecule has 0 unspecified atom stereocenters. The molecule has 0 heterocycles. The highest BCUT2D eigenvalue weighted by Gasteiger charge is 2.29. The SMILES string of the molecule is CN(C)OC(C)(C)C(=O)O. The van der Waals surface area contributed by atoms with Crippen molar-refractivity contribution >= 4 is 5.97 Å². The average molecular weight is 147 g/mol. The van der Waals surface area contributed by atoms with E-state index in [9.17, 15) is 4.79 Å². The summed E-state index contributed by atoms with van der Waals surface area (Å²) in [5.41, 5.74) is -1.14. The van der Waals surface area contributed by atoms with Crippen LogP contribution in [0.3, 0.4) is 0 Å². The lowest BCUT2D eigenvalue weighted by Gasteiger charge is -2.23. The van der Waals surface area contributed by atoms with E-state index in [1.807, 2.05) is 0 Å². The van der Waals surface area contributed by atoms with Crippen LogP contribution in [0, 0.1) is 0 Å². The van der Waals surface area contributed by atoms with Crippen molar-refractivity contribution in [3.8, 4) is 0 Å². The summed E-state index contributed by atoms with van der Waals surface area (Å²) in [6.45, 7) is 2.99. The summed E-state index contributed by atoms with van der Waals surface area (Å²) in [5.74, 6) is -0.971. The fraction of sp³-hybridized carbons (Fsp3) is 0.833. The van der Waals surface area contributed by atoms with Gasteiger partial charge in [-0.2, -0.15) is 5.06 Å². The maximum absolute atomic E-state index is 10.4. The highest BCUT2D eigenvalue weighted by atomic mass is 16.7. The lowest BCUT2D eigenvalue weighted by molar-refractivity contribution is -0.219. The van der Waals surface area contributed by atoms with E-state index < -0.39 is 11.6 Å². The van der Waals surface area contributed by atoms with Crippen LogP contribution >= 0.6 is 0 Å². The Morgan fingerprint density at radius 3 is 2.00 bits per heavy atom. The first-order chi connectivity index (χ1) is 4.36. The maximum Gasteiger partial charge on any atom is 0.337 e. The van der Waals surface area contributed by atoms with E-state index in [4.69, 9.17) is 9.94 Å². The molecule has 0 radical (unpaired) electrons. The molecule has 0 spiro atoms. The fourth-order valence-electron chi connectivity index (χ4n) is 0.495. The average Bonchev–Trinajstić information content (AvgIpc) is 1.60. The Labute approximate surface area is 60.3 Å². The second kappa shape index (κ2) is 2.98. The number of carbonyl (C=O) groups is 1. The van der Waals surface area contributed by atoms with Gasteiger partial charge in [0.05, 0.1) is 0 Å². The quantitative estimate of drug-likeness (QED) is 0.585. The molecule has 0 aliphatic carbocycles. The zero-order chi connectivity index (χ0) is 8.36. The molecule has 0 amide bonds.